The van der Waals surface area contributed by atoms with Gasteiger partial charge in [0, 0.05) is 15.6 Å². The van der Waals surface area contributed by atoms with E-state index in [1.54, 1.807) is 23.5 Å². The number of rotatable bonds is 10. The Kier molecular flexibility index (Phi) is 10.3. The van der Waals surface area contributed by atoms with E-state index in [0.29, 0.717) is 16.3 Å². The maximum Gasteiger partial charge on any atom is 0.407 e. The van der Waals surface area contributed by atoms with Gasteiger partial charge >= 0.3 is 12.1 Å². The van der Waals surface area contributed by atoms with Crippen molar-refractivity contribution in [3.63, 3.8) is 0 Å². The molecular formula is C26H26BrClN3O5+. The molecule has 2 amide bonds. The summed E-state index contributed by atoms with van der Waals surface area (Å²) in [5.74, 6) is -0.841. The van der Waals surface area contributed by atoms with E-state index in [9.17, 15) is 14.4 Å². The monoisotopic (exact) mass is 574 g/mol. The molecule has 1 atom stereocenters. The number of amides is 2. The first-order valence-electron chi connectivity index (χ1n) is 11.1. The Morgan fingerprint density at radius 2 is 1.72 bits per heavy atom. The Hall–Kier alpha value is -3.40. The number of esters is 1. The van der Waals surface area contributed by atoms with Crippen LogP contribution in [0, 0.1) is 0 Å². The number of benzene rings is 3. The number of alkyl carbamates (subject to hydrolysis) is 1. The first kappa shape index (κ1) is 27.2. The van der Waals surface area contributed by atoms with Gasteiger partial charge in [0.25, 0.3) is 0 Å². The van der Waals surface area contributed by atoms with E-state index < -0.39 is 24.0 Å². The van der Waals surface area contributed by atoms with Crippen molar-refractivity contribution in [3.05, 3.63) is 99.0 Å². The van der Waals surface area contributed by atoms with Crippen molar-refractivity contribution >= 4 is 51.2 Å². The van der Waals surface area contributed by atoms with Crippen LogP contribution in [0.5, 0.6) is 0 Å². The molecule has 0 heterocycles. The van der Waals surface area contributed by atoms with Gasteiger partial charge in [0.1, 0.15) is 19.2 Å². The van der Waals surface area contributed by atoms with Gasteiger partial charge in [0.05, 0.1) is 17.8 Å². The summed E-state index contributed by atoms with van der Waals surface area (Å²) in [6.07, 6.45) is -0.703. The van der Waals surface area contributed by atoms with Crippen molar-refractivity contribution in [1.82, 2.24) is 5.32 Å². The van der Waals surface area contributed by atoms with E-state index in [0.717, 1.165) is 15.6 Å². The maximum absolute atomic E-state index is 12.7. The minimum atomic E-state index is -0.703. The predicted octanol–water partition coefficient (Wildman–Crippen LogP) is 3.79. The Morgan fingerprint density at radius 1 is 1.00 bits per heavy atom. The van der Waals surface area contributed by atoms with Crippen molar-refractivity contribution < 1.29 is 29.2 Å². The molecule has 188 valence electrons. The quantitative estimate of drug-likeness (QED) is 0.319. The van der Waals surface area contributed by atoms with E-state index in [1.165, 1.54) is 7.11 Å². The van der Waals surface area contributed by atoms with Crippen molar-refractivity contribution in [2.75, 3.05) is 25.5 Å². The van der Waals surface area contributed by atoms with Gasteiger partial charge in [-0.05, 0) is 29.8 Å². The van der Waals surface area contributed by atoms with Crippen molar-refractivity contribution in [2.24, 2.45) is 0 Å². The predicted molar refractivity (Wildman–Crippen MR) is 140 cm³/mol. The SMILES string of the molecule is COC(=O)C[NH2+][C@@H](c1ccccc1Cl)c1cc(Br)ccc1NC(=O)CNC(=O)OCc1ccccc1. The summed E-state index contributed by atoms with van der Waals surface area (Å²) in [5, 5.41) is 7.58. The van der Waals surface area contributed by atoms with Crippen LogP contribution < -0.4 is 16.0 Å². The third kappa shape index (κ3) is 8.08. The number of halogens is 2. The summed E-state index contributed by atoms with van der Waals surface area (Å²) in [6, 6.07) is 21.5. The van der Waals surface area contributed by atoms with E-state index in [4.69, 9.17) is 21.1 Å². The topological polar surface area (TPSA) is 110 Å². The molecule has 0 saturated heterocycles. The fourth-order valence-electron chi connectivity index (χ4n) is 3.47. The van der Waals surface area contributed by atoms with Gasteiger partial charge in [-0.15, -0.1) is 0 Å². The summed E-state index contributed by atoms with van der Waals surface area (Å²) in [5.41, 5.74) is 2.82. The Bertz CT molecular complexity index is 1210. The zero-order valence-corrected chi connectivity index (χ0v) is 21.8. The Balaban J connectivity index is 1.72. The standard InChI is InChI=1S/C26H25BrClN3O5/c1-35-24(33)15-29-25(19-9-5-6-10-21(19)28)20-13-18(27)11-12-22(20)31-23(32)14-30-26(34)36-16-17-7-3-2-4-8-17/h2-13,25,29H,14-16H2,1H3,(H,30,34)(H,31,32)/p+1/t25-/m0/s1. The first-order chi connectivity index (χ1) is 17.4. The summed E-state index contributed by atoms with van der Waals surface area (Å²) in [4.78, 5) is 36.5. The zero-order chi connectivity index (χ0) is 25.9. The van der Waals surface area contributed by atoms with E-state index in [2.05, 4.69) is 26.6 Å². The molecule has 0 saturated carbocycles. The number of carbonyl (C=O) groups is 3. The van der Waals surface area contributed by atoms with E-state index in [-0.39, 0.29) is 19.7 Å². The van der Waals surface area contributed by atoms with Crippen LogP contribution in [0.4, 0.5) is 10.5 Å². The lowest BCUT2D eigenvalue weighted by molar-refractivity contribution is -0.677. The molecule has 10 heteroatoms. The molecule has 3 rings (SSSR count). The minimum absolute atomic E-state index is 0.0428. The number of hydrogen-bond acceptors (Lipinski definition) is 5. The third-order valence-electron chi connectivity index (χ3n) is 5.22. The van der Waals surface area contributed by atoms with Gasteiger partial charge in [-0.25, -0.2) is 9.59 Å². The molecule has 3 aromatic carbocycles. The fraction of sp³-hybridized carbons (Fsp3) is 0.192. The highest BCUT2D eigenvalue weighted by atomic mass is 79.9. The van der Waals surface area contributed by atoms with E-state index in [1.807, 2.05) is 54.6 Å². The summed E-state index contributed by atoms with van der Waals surface area (Å²) < 4.78 is 10.7. The zero-order valence-electron chi connectivity index (χ0n) is 19.5. The second kappa shape index (κ2) is 13.6. The maximum atomic E-state index is 12.7. The van der Waals surface area contributed by atoms with Crippen LogP contribution in [0.2, 0.25) is 5.02 Å². The largest absolute Gasteiger partial charge is 0.465 e. The number of ether oxygens (including phenoxy) is 2. The van der Waals surface area contributed by atoms with Crippen molar-refractivity contribution in [1.29, 1.82) is 0 Å². The fourth-order valence-corrected chi connectivity index (χ4v) is 4.10. The van der Waals surface area contributed by atoms with Crippen molar-refractivity contribution in [3.8, 4) is 0 Å². The normalized spacial score (nSPS) is 11.3. The molecule has 0 aliphatic carbocycles. The number of quaternary nitrogens is 1. The number of hydrogen-bond donors (Lipinski definition) is 3. The molecule has 0 aliphatic rings. The Labute approximate surface area is 222 Å². The van der Waals surface area contributed by atoms with Crippen LogP contribution in [0.1, 0.15) is 22.7 Å². The number of nitrogens with one attached hydrogen (secondary N) is 2. The van der Waals surface area contributed by atoms with Gasteiger partial charge < -0.3 is 25.4 Å². The highest BCUT2D eigenvalue weighted by Crippen LogP contribution is 2.32. The summed E-state index contributed by atoms with van der Waals surface area (Å²) in [6.45, 7) is -0.145. The molecule has 3 aromatic rings. The molecule has 8 nitrogen and oxygen atoms in total. The summed E-state index contributed by atoms with van der Waals surface area (Å²) >= 11 is 9.96. The minimum Gasteiger partial charge on any atom is -0.465 e. The van der Waals surface area contributed by atoms with Gasteiger partial charge in [0.15, 0.2) is 6.54 Å². The number of methoxy groups -OCH3 is 1. The van der Waals surface area contributed by atoms with Crippen LogP contribution in [-0.2, 0) is 25.7 Å². The summed E-state index contributed by atoms with van der Waals surface area (Å²) in [7, 11) is 1.32. The van der Waals surface area contributed by atoms with Crippen LogP contribution in [0.25, 0.3) is 0 Å². The molecule has 0 radical (unpaired) electrons. The van der Waals surface area contributed by atoms with Gasteiger partial charge in [-0.1, -0.05) is 76.1 Å². The lowest BCUT2D eigenvalue weighted by Crippen LogP contribution is -2.87. The lowest BCUT2D eigenvalue weighted by Gasteiger charge is -2.21. The molecular weight excluding hydrogens is 550 g/mol. The number of nitrogens with two attached hydrogens (primary N) is 1. The Morgan fingerprint density at radius 3 is 2.44 bits per heavy atom. The molecule has 0 aliphatic heterocycles. The molecule has 0 spiro atoms. The molecule has 0 aromatic heterocycles. The first-order valence-corrected chi connectivity index (χ1v) is 12.2. The average molecular weight is 576 g/mol. The van der Waals surface area contributed by atoms with Crippen LogP contribution in [-0.4, -0.2) is 38.2 Å². The molecule has 0 unspecified atom stereocenters. The highest BCUT2D eigenvalue weighted by Gasteiger charge is 2.25. The molecule has 4 N–H and O–H groups in total. The average Bonchev–Trinajstić information content (AvgIpc) is 2.89. The third-order valence-corrected chi connectivity index (χ3v) is 6.05. The number of carbonyl (C=O) groups excluding carboxylic acids is 3. The lowest BCUT2D eigenvalue weighted by atomic mass is 9.96. The smallest absolute Gasteiger partial charge is 0.407 e. The molecule has 0 fully saturated rings. The molecule has 36 heavy (non-hydrogen) atoms. The van der Waals surface area contributed by atoms with Crippen molar-refractivity contribution in [2.45, 2.75) is 12.6 Å². The van der Waals surface area contributed by atoms with Crippen LogP contribution in [0.3, 0.4) is 0 Å². The molecule has 0 bridgehead atoms. The second-order valence-electron chi connectivity index (χ2n) is 7.71. The number of anilines is 1. The van der Waals surface area contributed by atoms with E-state index >= 15 is 0 Å². The van der Waals surface area contributed by atoms with Gasteiger partial charge in [-0.3, -0.25) is 4.79 Å². The second-order valence-corrected chi connectivity index (χ2v) is 9.03. The van der Waals surface area contributed by atoms with Gasteiger partial charge in [0.2, 0.25) is 5.91 Å². The highest BCUT2D eigenvalue weighted by molar-refractivity contribution is 9.10. The van der Waals surface area contributed by atoms with Crippen LogP contribution >= 0.6 is 27.5 Å². The van der Waals surface area contributed by atoms with Crippen LogP contribution in [0.15, 0.2) is 77.3 Å². The van der Waals surface area contributed by atoms with Gasteiger partial charge in [-0.2, -0.15) is 0 Å².